The first-order chi connectivity index (χ1) is 8.19. The summed E-state index contributed by atoms with van der Waals surface area (Å²) in [5, 5.41) is 15.1. The molecule has 1 heterocycles. The number of hydrogen-bond acceptors (Lipinski definition) is 4. The Morgan fingerprint density at radius 1 is 1.41 bits per heavy atom. The number of aromatic amines is 1. The van der Waals surface area contributed by atoms with Crippen LogP contribution < -0.4 is 5.73 Å². The van der Waals surface area contributed by atoms with Gasteiger partial charge < -0.3 is 5.73 Å². The van der Waals surface area contributed by atoms with E-state index in [9.17, 15) is 4.39 Å². The number of nitrogens with one attached hydrogen (secondary N) is 1. The Balaban J connectivity index is 2.11. The van der Waals surface area contributed by atoms with Crippen LogP contribution in [0.3, 0.4) is 0 Å². The molecule has 0 aliphatic carbocycles. The first kappa shape index (κ1) is 11.1. The van der Waals surface area contributed by atoms with E-state index in [1.165, 1.54) is 18.2 Å². The van der Waals surface area contributed by atoms with Crippen LogP contribution >= 0.6 is 0 Å². The summed E-state index contributed by atoms with van der Waals surface area (Å²) in [6, 6.07) is 6.26. The molecule has 1 aromatic heterocycles. The van der Waals surface area contributed by atoms with Crippen molar-refractivity contribution in [1.29, 1.82) is 5.26 Å². The highest BCUT2D eigenvalue weighted by molar-refractivity contribution is 5.34. The van der Waals surface area contributed by atoms with Crippen LogP contribution in [0.2, 0.25) is 0 Å². The molecule has 0 spiro atoms. The normalized spacial score (nSPS) is 10.1. The fourth-order valence-electron chi connectivity index (χ4n) is 1.51. The highest BCUT2D eigenvalue weighted by Crippen LogP contribution is 2.12. The van der Waals surface area contributed by atoms with Gasteiger partial charge in [-0.2, -0.15) is 10.2 Å². The van der Waals surface area contributed by atoms with Crippen LogP contribution in [0, 0.1) is 17.1 Å². The van der Waals surface area contributed by atoms with Gasteiger partial charge >= 0.3 is 0 Å². The summed E-state index contributed by atoms with van der Waals surface area (Å²) < 4.78 is 13.4. The van der Waals surface area contributed by atoms with E-state index in [0.717, 1.165) is 0 Å². The number of nitrogens with two attached hydrogens (primary N) is 1. The number of halogens is 1. The van der Waals surface area contributed by atoms with Crippen LogP contribution in [-0.4, -0.2) is 15.2 Å². The molecule has 0 fully saturated rings. The Labute approximate surface area is 97.1 Å². The number of hydrogen-bond donors (Lipinski definition) is 2. The lowest BCUT2D eigenvalue weighted by Gasteiger charge is -2.01. The van der Waals surface area contributed by atoms with Crippen molar-refractivity contribution in [3.63, 3.8) is 0 Å². The smallest absolute Gasteiger partial charge is 0.239 e. The summed E-state index contributed by atoms with van der Waals surface area (Å²) in [6.45, 7) is 0. The zero-order valence-electron chi connectivity index (χ0n) is 8.94. The number of H-pyrrole nitrogens is 1. The maximum absolute atomic E-state index is 13.4. The van der Waals surface area contributed by atoms with Gasteiger partial charge in [0.05, 0.1) is 11.6 Å². The van der Waals surface area contributed by atoms with Crippen molar-refractivity contribution >= 4 is 5.95 Å². The molecular weight excluding hydrogens is 221 g/mol. The van der Waals surface area contributed by atoms with Gasteiger partial charge in [-0.25, -0.2) is 4.39 Å². The van der Waals surface area contributed by atoms with Gasteiger partial charge in [-0.15, -0.1) is 5.10 Å². The Bertz CT molecular complexity index is 569. The monoisotopic (exact) mass is 231 g/mol. The molecule has 2 aromatic rings. The van der Waals surface area contributed by atoms with Crippen LogP contribution in [-0.2, 0) is 12.8 Å². The first-order valence-corrected chi connectivity index (χ1v) is 5.04. The van der Waals surface area contributed by atoms with Gasteiger partial charge in [0.1, 0.15) is 11.6 Å². The summed E-state index contributed by atoms with van der Waals surface area (Å²) in [5.74, 6) is 0.451. The second kappa shape index (κ2) is 4.61. The van der Waals surface area contributed by atoms with E-state index < -0.39 is 0 Å². The maximum atomic E-state index is 13.4. The lowest BCUT2D eigenvalue weighted by atomic mass is 10.1. The average molecular weight is 231 g/mol. The number of rotatable bonds is 3. The Hall–Kier alpha value is -2.42. The van der Waals surface area contributed by atoms with E-state index in [4.69, 9.17) is 11.0 Å². The second-order valence-electron chi connectivity index (χ2n) is 3.56. The summed E-state index contributed by atoms with van der Waals surface area (Å²) >= 11 is 0. The molecule has 3 N–H and O–H groups in total. The molecule has 0 atom stereocenters. The topological polar surface area (TPSA) is 91.4 Å². The van der Waals surface area contributed by atoms with E-state index in [-0.39, 0.29) is 11.8 Å². The minimum atomic E-state index is -0.323. The van der Waals surface area contributed by atoms with Crippen molar-refractivity contribution in [2.45, 2.75) is 12.8 Å². The lowest BCUT2D eigenvalue weighted by molar-refractivity contribution is 0.607. The van der Waals surface area contributed by atoms with Crippen molar-refractivity contribution in [3.8, 4) is 6.07 Å². The van der Waals surface area contributed by atoms with Crippen molar-refractivity contribution in [1.82, 2.24) is 15.2 Å². The van der Waals surface area contributed by atoms with E-state index in [1.54, 1.807) is 0 Å². The van der Waals surface area contributed by atoms with Crippen LogP contribution in [0.5, 0.6) is 0 Å². The fourth-order valence-corrected chi connectivity index (χ4v) is 1.51. The zero-order chi connectivity index (χ0) is 12.3. The lowest BCUT2D eigenvalue weighted by Crippen LogP contribution is -1.97. The third-order valence-corrected chi connectivity index (χ3v) is 2.35. The van der Waals surface area contributed by atoms with Gasteiger partial charge in [0.15, 0.2) is 0 Å². The fraction of sp³-hybridized carbons (Fsp3) is 0.182. The van der Waals surface area contributed by atoms with Crippen LogP contribution in [0.1, 0.15) is 17.0 Å². The average Bonchev–Trinajstić information content (AvgIpc) is 2.74. The molecule has 2 rings (SSSR count). The number of benzene rings is 1. The molecule has 0 bridgehead atoms. The van der Waals surface area contributed by atoms with Crippen molar-refractivity contribution in [2.24, 2.45) is 0 Å². The Morgan fingerprint density at radius 3 is 2.88 bits per heavy atom. The van der Waals surface area contributed by atoms with Crippen LogP contribution in [0.25, 0.3) is 0 Å². The van der Waals surface area contributed by atoms with Crippen LogP contribution in [0.15, 0.2) is 18.2 Å². The number of anilines is 1. The second-order valence-corrected chi connectivity index (χ2v) is 3.56. The van der Waals surface area contributed by atoms with E-state index in [1.807, 2.05) is 6.07 Å². The first-order valence-electron chi connectivity index (χ1n) is 5.04. The summed E-state index contributed by atoms with van der Waals surface area (Å²) in [5.41, 5.74) is 6.28. The van der Waals surface area contributed by atoms with Gasteiger partial charge in [0.25, 0.3) is 0 Å². The molecule has 0 saturated heterocycles. The predicted molar refractivity (Wildman–Crippen MR) is 59.3 cm³/mol. The maximum Gasteiger partial charge on any atom is 0.239 e. The number of aryl methyl sites for hydroxylation is 2. The highest BCUT2D eigenvalue weighted by Gasteiger charge is 2.06. The highest BCUT2D eigenvalue weighted by atomic mass is 19.1. The molecule has 86 valence electrons. The molecule has 6 heteroatoms. The number of nitrogens with zero attached hydrogens (tertiary/aromatic N) is 3. The number of aromatic nitrogens is 3. The number of nitriles is 1. The van der Waals surface area contributed by atoms with Gasteiger partial charge in [0, 0.05) is 6.42 Å². The van der Waals surface area contributed by atoms with Crippen molar-refractivity contribution in [2.75, 3.05) is 5.73 Å². The van der Waals surface area contributed by atoms with Gasteiger partial charge in [-0.3, -0.25) is 5.10 Å². The Morgan fingerprint density at radius 2 is 2.24 bits per heavy atom. The largest absolute Gasteiger partial charge is 0.367 e. The molecule has 17 heavy (non-hydrogen) atoms. The molecular formula is C11H10FN5. The molecule has 0 aliphatic heterocycles. The summed E-state index contributed by atoms with van der Waals surface area (Å²) in [6.07, 6.45) is 0.936. The SMILES string of the molecule is N#Cc1ccc(F)c(CCc2nc(N)n[nH]2)c1. The minimum absolute atomic E-state index is 0.172. The van der Waals surface area contributed by atoms with E-state index >= 15 is 0 Å². The molecule has 0 saturated carbocycles. The molecule has 0 amide bonds. The van der Waals surface area contributed by atoms with Gasteiger partial charge in [-0.05, 0) is 30.2 Å². The van der Waals surface area contributed by atoms with Crippen molar-refractivity contribution < 1.29 is 4.39 Å². The van der Waals surface area contributed by atoms with Crippen molar-refractivity contribution in [3.05, 3.63) is 41.0 Å². The quantitative estimate of drug-likeness (QED) is 0.829. The summed E-state index contributed by atoms with van der Waals surface area (Å²) in [7, 11) is 0. The van der Waals surface area contributed by atoms with E-state index in [0.29, 0.717) is 29.8 Å². The third kappa shape index (κ3) is 2.58. The van der Waals surface area contributed by atoms with E-state index in [2.05, 4.69) is 15.2 Å². The molecule has 0 aliphatic rings. The zero-order valence-corrected chi connectivity index (χ0v) is 8.94. The molecule has 1 aromatic carbocycles. The van der Waals surface area contributed by atoms with Crippen LogP contribution in [0.4, 0.5) is 10.3 Å². The molecule has 0 unspecified atom stereocenters. The van der Waals surface area contributed by atoms with Gasteiger partial charge in [-0.1, -0.05) is 0 Å². The standard InChI is InChI=1S/C11H10FN5/c12-9-3-1-7(6-13)5-8(9)2-4-10-15-11(14)17-16-10/h1,3,5H,2,4H2,(H3,14,15,16,17). The van der Waals surface area contributed by atoms with Gasteiger partial charge in [0.2, 0.25) is 5.95 Å². The summed E-state index contributed by atoms with van der Waals surface area (Å²) in [4.78, 5) is 3.92. The predicted octanol–water partition coefficient (Wildman–Crippen LogP) is 1.18. The molecule has 5 nitrogen and oxygen atoms in total. The minimum Gasteiger partial charge on any atom is -0.367 e. The Kier molecular flexibility index (Phi) is 3.01. The molecule has 0 radical (unpaired) electrons. The number of nitrogen functional groups attached to an aromatic ring is 1. The third-order valence-electron chi connectivity index (χ3n) is 2.35.